The Kier molecular flexibility index (Phi) is 7.98. The maximum Gasteiger partial charge on any atom is 0.251 e. The number of carbonyl (C=O) groups is 1. The monoisotopic (exact) mass is 462 g/mol. The largest absolute Gasteiger partial charge is 0.496 e. The third-order valence-electron chi connectivity index (χ3n) is 5.56. The van der Waals surface area contributed by atoms with Crippen molar-refractivity contribution in [2.45, 2.75) is 37.1 Å². The molecular weight excluding hydrogens is 432 g/mol. The number of sulfonamides is 1. The van der Waals surface area contributed by atoms with Gasteiger partial charge in [-0.1, -0.05) is 18.9 Å². The summed E-state index contributed by atoms with van der Waals surface area (Å²) in [5, 5.41) is 2.82. The minimum atomic E-state index is -3.78. The highest BCUT2D eigenvalue weighted by Gasteiger charge is 2.29. The zero-order valence-corrected chi connectivity index (χ0v) is 19.5. The summed E-state index contributed by atoms with van der Waals surface area (Å²) in [6, 6.07) is 9.81. The molecule has 1 aliphatic rings. The molecule has 1 aliphatic heterocycles. The van der Waals surface area contributed by atoms with Crippen molar-refractivity contribution in [3.63, 3.8) is 0 Å². The number of amides is 1. The number of nitrogens with one attached hydrogen (secondary N) is 1. The Labute approximate surface area is 189 Å². The molecule has 0 aliphatic carbocycles. The molecular formula is C23H30N2O6S. The van der Waals surface area contributed by atoms with E-state index in [2.05, 4.69) is 5.32 Å². The van der Waals surface area contributed by atoms with Crippen LogP contribution in [0.15, 0.2) is 41.3 Å². The van der Waals surface area contributed by atoms with E-state index in [-0.39, 0.29) is 22.8 Å². The van der Waals surface area contributed by atoms with Crippen LogP contribution in [0.3, 0.4) is 0 Å². The molecule has 1 heterocycles. The summed E-state index contributed by atoms with van der Waals surface area (Å²) in [4.78, 5) is 12.9. The quantitative estimate of drug-likeness (QED) is 0.648. The first kappa shape index (κ1) is 23.9. The average Bonchev–Trinajstić information content (AvgIpc) is 3.12. The first-order valence-corrected chi connectivity index (χ1v) is 12.0. The zero-order valence-electron chi connectivity index (χ0n) is 18.7. The van der Waals surface area contributed by atoms with Gasteiger partial charge in [0.1, 0.15) is 22.1 Å². The zero-order chi connectivity index (χ0) is 23.1. The van der Waals surface area contributed by atoms with Gasteiger partial charge in [-0.2, -0.15) is 4.31 Å². The van der Waals surface area contributed by atoms with Gasteiger partial charge in [-0.3, -0.25) is 4.79 Å². The number of rotatable bonds is 8. The average molecular weight is 463 g/mol. The molecule has 0 aromatic heterocycles. The van der Waals surface area contributed by atoms with Crippen LogP contribution in [0.4, 0.5) is 0 Å². The van der Waals surface area contributed by atoms with Crippen LogP contribution in [-0.2, 0) is 16.6 Å². The van der Waals surface area contributed by atoms with Crippen LogP contribution in [0, 0.1) is 0 Å². The van der Waals surface area contributed by atoms with Gasteiger partial charge in [0.25, 0.3) is 5.91 Å². The minimum absolute atomic E-state index is 0.00409. The molecule has 1 N–H and O–H groups in total. The number of methoxy groups -OCH3 is 3. The lowest BCUT2D eigenvalue weighted by Crippen LogP contribution is -2.32. The molecule has 9 heteroatoms. The molecule has 3 rings (SSSR count). The Hall–Kier alpha value is -2.78. The van der Waals surface area contributed by atoms with Crippen LogP contribution in [0.5, 0.6) is 17.2 Å². The van der Waals surface area contributed by atoms with E-state index < -0.39 is 15.9 Å². The van der Waals surface area contributed by atoms with E-state index in [1.54, 1.807) is 38.5 Å². The molecule has 1 fully saturated rings. The van der Waals surface area contributed by atoms with Gasteiger partial charge in [0.2, 0.25) is 10.0 Å². The highest BCUT2D eigenvalue weighted by atomic mass is 32.2. The normalized spacial score (nSPS) is 15.0. The van der Waals surface area contributed by atoms with Gasteiger partial charge in [0, 0.05) is 18.7 Å². The number of nitrogens with zero attached hydrogens (tertiary/aromatic N) is 1. The maximum atomic E-state index is 13.3. The molecule has 0 radical (unpaired) electrons. The van der Waals surface area contributed by atoms with Crippen molar-refractivity contribution in [1.29, 1.82) is 0 Å². The molecule has 0 spiro atoms. The van der Waals surface area contributed by atoms with E-state index in [4.69, 9.17) is 14.2 Å². The SMILES string of the molecule is COc1ccc(C(=O)NCc2c(OC)cccc2OC)cc1S(=O)(=O)N1CCCCCC1. The number of hydrogen-bond acceptors (Lipinski definition) is 6. The molecule has 8 nitrogen and oxygen atoms in total. The van der Waals surface area contributed by atoms with E-state index in [1.807, 2.05) is 0 Å². The molecule has 0 unspecified atom stereocenters. The smallest absolute Gasteiger partial charge is 0.251 e. The van der Waals surface area contributed by atoms with Crippen molar-refractivity contribution in [2.75, 3.05) is 34.4 Å². The van der Waals surface area contributed by atoms with Crippen LogP contribution in [0.2, 0.25) is 0 Å². The van der Waals surface area contributed by atoms with Crippen molar-refractivity contribution in [1.82, 2.24) is 9.62 Å². The van der Waals surface area contributed by atoms with E-state index in [0.717, 1.165) is 25.7 Å². The lowest BCUT2D eigenvalue weighted by molar-refractivity contribution is 0.0950. The lowest BCUT2D eigenvalue weighted by atomic mass is 10.1. The topological polar surface area (TPSA) is 94.2 Å². The number of hydrogen-bond donors (Lipinski definition) is 1. The second-order valence-corrected chi connectivity index (χ2v) is 9.41. The van der Waals surface area contributed by atoms with Gasteiger partial charge in [-0.15, -0.1) is 0 Å². The predicted molar refractivity (Wildman–Crippen MR) is 121 cm³/mol. The van der Waals surface area contributed by atoms with Gasteiger partial charge in [-0.25, -0.2) is 8.42 Å². The summed E-state index contributed by atoms with van der Waals surface area (Å²) < 4.78 is 44.2. The van der Waals surface area contributed by atoms with Crippen LogP contribution in [0.25, 0.3) is 0 Å². The molecule has 0 saturated carbocycles. The van der Waals surface area contributed by atoms with Crippen LogP contribution < -0.4 is 19.5 Å². The van der Waals surface area contributed by atoms with Crippen molar-refractivity contribution >= 4 is 15.9 Å². The Morgan fingerprint density at radius 2 is 1.50 bits per heavy atom. The first-order chi connectivity index (χ1) is 15.4. The van der Waals surface area contributed by atoms with E-state index in [0.29, 0.717) is 30.2 Å². The fraction of sp³-hybridized carbons (Fsp3) is 0.435. The molecule has 1 amide bonds. The lowest BCUT2D eigenvalue weighted by Gasteiger charge is -2.21. The molecule has 174 valence electrons. The maximum absolute atomic E-state index is 13.3. The molecule has 0 bridgehead atoms. The molecule has 1 saturated heterocycles. The van der Waals surface area contributed by atoms with Crippen molar-refractivity contribution in [3.05, 3.63) is 47.5 Å². The summed E-state index contributed by atoms with van der Waals surface area (Å²) in [5.41, 5.74) is 0.921. The van der Waals surface area contributed by atoms with Crippen LogP contribution in [0.1, 0.15) is 41.6 Å². The van der Waals surface area contributed by atoms with Crippen LogP contribution >= 0.6 is 0 Å². The first-order valence-electron chi connectivity index (χ1n) is 10.6. The van der Waals surface area contributed by atoms with E-state index in [9.17, 15) is 13.2 Å². The predicted octanol–water partition coefficient (Wildman–Crippen LogP) is 3.21. The summed E-state index contributed by atoms with van der Waals surface area (Å²) in [5.74, 6) is 0.984. The molecule has 2 aromatic rings. The highest BCUT2D eigenvalue weighted by molar-refractivity contribution is 7.89. The summed E-state index contributed by atoms with van der Waals surface area (Å²) in [6.07, 6.45) is 3.67. The van der Waals surface area contributed by atoms with Gasteiger partial charge in [-0.05, 0) is 43.2 Å². The van der Waals surface area contributed by atoms with E-state index in [1.165, 1.54) is 23.5 Å². The molecule has 0 atom stereocenters. The number of benzene rings is 2. The third-order valence-corrected chi connectivity index (χ3v) is 7.48. The summed E-state index contributed by atoms with van der Waals surface area (Å²) >= 11 is 0. The second kappa shape index (κ2) is 10.7. The van der Waals surface area contributed by atoms with Gasteiger partial charge < -0.3 is 19.5 Å². The Balaban J connectivity index is 1.86. The Morgan fingerprint density at radius 1 is 0.906 bits per heavy atom. The summed E-state index contributed by atoms with van der Waals surface area (Å²) in [7, 11) is 0.727. The van der Waals surface area contributed by atoms with Gasteiger partial charge >= 0.3 is 0 Å². The van der Waals surface area contributed by atoms with Gasteiger partial charge in [0.15, 0.2) is 0 Å². The second-order valence-electron chi connectivity index (χ2n) is 7.51. The van der Waals surface area contributed by atoms with Crippen molar-refractivity contribution in [3.8, 4) is 17.2 Å². The summed E-state index contributed by atoms with van der Waals surface area (Å²) in [6.45, 7) is 1.09. The minimum Gasteiger partial charge on any atom is -0.496 e. The fourth-order valence-corrected chi connectivity index (χ4v) is 5.51. The van der Waals surface area contributed by atoms with Crippen LogP contribution in [-0.4, -0.2) is 53.0 Å². The fourth-order valence-electron chi connectivity index (χ4n) is 3.81. The van der Waals surface area contributed by atoms with Crippen molar-refractivity contribution in [2.24, 2.45) is 0 Å². The standard InChI is InChI=1S/C23H30N2O6S/c1-29-19-9-8-10-20(30-2)18(19)16-24-23(26)17-11-12-21(31-3)22(15-17)32(27,28)25-13-6-4-5-7-14-25/h8-12,15H,4-7,13-14,16H2,1-3H3,(H,24,26). The van der Waals surface area contributed by atoms with E-state index >= 15 is 0 Å². The highest BCUT2D eigenvalue weighted by Crippen LogP contribution is 2.30. The molecule has 32 heavy (non-hydrogen) atoms. The number of ether oxygens (including phenoxy) is 3. The number of carbonyl (C=O) groups excluding carboxylic acids is 1. The molecule has 2 aromatic carbocycles. The Bertz CT molecular complexity index is 1020. The third kappa shape index (κ3) is 5.16. The van der Waals surface area contributed by atoms with Gasteiger partial charge in [0.05, 0.1) is 33.4 Å². The Morgan fingerprint density at radius 3 is 2.06 bits per heavy atom. The van der Waals surface area contributed by atoms with Crippen molar-refractivity contribution < 1.29 is 27.4 Å².